The number of benzene rings is 1. The zero-order valence-corrected chi connectivity index (χ0v) is 12.1. The lowest BCUT2D eigenvalue weighted by atomic mass is 10.1. The monoisotopic (exact) mass is 282 g/mol. The molecule has 1 N–H and O–H groups in total. The SMILES string of the molecule is Cc1c(-c2ccccc2)[nH]c(-c2ccn(C)n2)nc1=S. The van der Waals surface area contributed by atoms with E-state index in [1.165, 1.54) is 0 Å². The van der Waals surface area contributed by atoms with E-state index in [9.17, 15) is 0 Å². The molecule has 0 radical (unpaired) electrons. The standard InChI is InChI=1S/C15H14N4S/c1-10-13(11-6-4-3-5-7-11)16-14(17-15(10)20)12-8-9-19(2)18-12/h3-9H,1-2H3,(H,16,17,20). The molecule has 1 aromatic carbocycles. The summed E-state index contributed by atoms with van der Waals surface area (Å²) in [6.07, 6.45) is 1.88. The lowest BCUT2D eigenvalue weighted by molar-refractivity contribution is 0.768. The van der Waals surface area contributed by atoms with E-state index in [0.717, 1.165) is 22.5 Å². The summed E-state index contributed by atoms with van der Waals surface area (Å²) in [4.78, 5) is 7.77. The largest absolute Gasteiger partial charge is 0.338 e. The van der Waals surface area contributed by atoms with E-state index < -0.39 is 0 Å². The topological polar surface area (TPSA) is 46.5 Å². The molecule has 4 nitrogen and oxygen atoms in total. The second-order valence-corrected chi connectivity index (χ2v) is 5.02. The Balaban J connectivity index is 2.21. The maximum Gasteiger partial charge on any atom is 0.159 e. The number of H-pyrrole nitrogens is 1. The third-order valence-electron chi connectivity index (χ3n) is 3.17. The third kappa shape index (κ3) is 2.28. The average molecular weight is 282 g/mol. The first-order valence-corrected chi connectivity index (χ1v) is 6.72. The van der Waals surface area contributed by atoms with E-state index in [1.807, 2.05) is 44.4 Å². The first kappa shape index (κ1) is 12.7. The van der Waals surface area contributed by atoms with Gasteiger partial charge in [0.05, 0.1) is 5.69 Å². The highest BCUT2D eigenvalue weighted by atomic mass is 32.1. The predicted molar refractivity (Wildman–Crippen MR) is 81.8 cm³/mol. The van der Waals surface area contributed by atoms with Crippen molar-refractivity contribution in [1.82, 2.24) is 19.7 Å². The summed E-state index contributed by atoms with van der Waals surface area (Å²) in [5, 5.41) is 4.36. The molecule has 0 atom stereocenters. The number of aromatic amines is 1. The van der Waals surface area contributed by atoms with Gasteiger partial charge >= 0.3 is 0 Å². The summed E-state index contributed by atoms with van der Waals surface area (Å²) < 4.78 is 2.35. The first-order chi connectivity index (χ1) is 9.65. The Kier molecular flexibility index (Phi) is 3.20. The second kappa shape index (κ2) is 5.02. The van der Waals surface area contributed by atoms with Gasteiger partial charge in [0, 0.05) is 18.8 Å². The fourth-order valence-corrected chi connectivity index (χ4v) is 2.28. The maximum absolute atomic E-state index is 5.37. The van der Waals surface area contributed by atoms with Gasteiger partial charge in [0.15, 0.2) is 5.82 Å². The third-order valence-corrected chi connectivity index (χ3v) is 3.57. The van der Waals surface area contributed by atoms with Crippen LogP contribution in [0, 0.1) is 11.6 Å². The number of rotatable bonds is 2. The molecule has 100 valence electrons. The van der Waals surface area contributed by atoms with Gasteiger partial charge in [-0.05, 0) is 18.6 Å². The van der Waals surface area contributed by atoms with Crippen LogP contribution >= 0.6 is 12.2 Å². The smallest absolute Gasteiger partial charge is 0.159 e. The number of hydrogen-bond donors (Lipinski definition) is 1. The fraction of sp³-hybridized carbons (Fsp3) is 0.133. The Hall–Kier alpha value is -2.27. The molecule has 0 aliphatic carbocycles. The highest BCUT2D eigenvalue weighted by Crippen LogP contribution is 2.24. The minimum Gasteiger partial charge on any atom is -0.338 e. The van der Waals surface area contributed by atoms with Gasteiger partial charge in [0.25, 0.3) is 0 Å². The Labute approximate surface area is 122 Å². The molecule has 3 aromatic rings. The highest BCUT2D eigenvalue weighted by Gasteiger charge is 2.10. The van der Waals surface area contributed by atoms with E-state index >= 15 is 0 Å². The van der Waals surface area contributed by atoms with E-state index in [0.29, 0.717) is 10.5 Å². The number of nitrogens with one attached hydrogen (secondary N) is 1. The average Bonchev–Trinajstić information content (AvgIpc) is 2.89. The molecule has 2 heterocycles. The lowest BCUT2D eigenvalue weighted by Gasteiger charge is -2.08. The lowest BCUT2D eigenvalue weighted by Crippen LogP contribution is -1.98. The Bertz CT molecular complexity index is 802. The summed E-state index contributed by atoms with van der Waals surface area (Å²) in [6.45, 7) is 1.98. The van der Waals surface area contributed by atoms with Gasteiger partial charge < -0.3 is 4.98 Å². The van der Waals surface area contributed by atoms with Gasteiger partial charge in [-0.15, -0.1) is 0 Å². The predicted octanol–water partition coefficient (Wildman–Crippen LogP) is 3.52. The van der Waals surface area contributed by atoms with Crippen molar-refractivity contribution in [3.63, 3.8) is 0 Å². The second-order valence-electron chi connectivity index (χ2n) is 4.63. The number of aromatic nitrogens is 4. The number of hydrogen-bond acceptors (Lipinski definition) is 3. The van der Waals surface area contributed by atoms with Crippen LogP contribution in [0.5, 0.6) is 0 Å². The molecule has 0 spiro atoms. The van der Waals surface area contributed by atoms with Crippen molar-refractivity contribution in [2.24, 2.45) is 7.05 Å². The van der Waals surface area contributed by atoms with E-state index in [-0.39, 0.29) is 0 Å². The summed E-state index contributed by atoms with van der Waals surface area (Å²) >= 11 is 5.37. The molecule has 0 aliphatic rings. The van der Waals surface area contributed by atoms with Gasteiger partial charge in [-0.25, -0.2) is 4.98 Å². The Morgan fingerprint density at radius 2 is 1.90 bits per heavy atom. The fourth-order valence-electron chi connectivity index (χ4n) is 2.09. The summed E-state index contributed by atoms with van der Waals surface area (Å²) in [7, 11) is 1.88. The quantitative estimate of drug-likeness (QED) is 0.732. The van der Waals surface area contributed by atoms with E-state index in [1.54, 1.807) is 4.68 Å². The molecule has 0 fully saturated rings. The number of nitrogens with zero attached hydrogens (tertiary/aromatic N) is 3. The van der Waals surface area contributed by atoms with Crippen LogP contribution in [0.25, 0.3) is 22.8 Å². The first-order valence-electron chi connectivity index (χ1n) is 6.31. The van der Waals surface area contributed by atoms with Crippen LogP contribution in [-0.4, -0.2) is 19.7 Å². The zero-order valence-electron chi connectivity index (χ0n) is 11.3. The van der Waals surface area contributed by atoms with Crippen LogP contribution in [0.3, 0.4) is 0 Å². The van der Waals surface area contributed by atoms with Crippen molar-refractivity contribution in [2.75, 3.05) is 0 Å². The minimum absolute atomic E-state index is 0.600. The molecular formula is C15H14N4S. The van der Waals surface area contributed by atoms with Gasteiger partial charge in [-0.3, -0.25) is 4.68 Å². The van der Waals surface area contributed by atoms with Crippen molar-refractivity contribution in [2.45, 2.75) is 6.92 Å². The molecule has 5 heteroatoms. The van der Waals surface area contributed by atoms with Crippen LogP contribution in [0.15, 0.2) is 42.6 Å². The highest BCUT2D eigenvalue weighted by molar-refractivity contribution is 7.71. The van der Waals surface area contributed by atoms with Gasteiger partial charge in [-0.1, -0.05) is 42.5 Å². The molecule has 0 unspecified atom stereocenters. The van der Waals surface area contributed by atoms with Crippen molar-refractivity contribution in [3.05, 3.63) is 52.8 Å². The normalized spacial score (nSPS) is 10.7. The zero-order chi connectivity index (χ0) is 14.1. The van der Waals surface area contributed by atoms with Crippen LogP contribution in [0.2, 0.25) is 0 Å². The molecule has 0 amide bonds. The Morgan fingerprint density at radius 1 is 1.15 bits per heavy atom. The van der Waals surface area contributed by atoms with Crippen molar-refractivity contribution >= 4 is 12.2 Å². The summed E-state index contributed by atoms with van der Waals surface area (Å²) in [6, 6.07) is 12.0. The summed E-state index contributed by atoms with van der Waals surface area (Å²) in [5.41, 5.74) is 3.85. The Morgan fingerprint density at radius 3 is 2.55 bits per heavy atom. The molecule has 0 bridgehead atoms. The van der Waals surface area contributed by atoms with Crippen molar-refractivity contribution < 1.29 is 0 Å². The number of aryl methyl sites for hydroxylation is 1. The molecule has 0 aliphatic heterocycles. The molecule has 2 aromatic heterocycles. The molecule has 0 saturated carbocycles. The van der Waals surface area contributed by atoms with E-state index in [4.69, 9.17) is 12.2 Å². The van der Waals surface area contributed by atoms with Gasteiger partial charge in [0.1, 0.15) is 10.3 Å². The van der Waals surface area contributed by atoms with Crippen LogP contribution in [-0.2, 0) is 7.05 Å². The molecule has 3 rings (SSSR count). The van der Waals surface area contributed by atoms with Gasteiger partial charge in [0.2, 0.25) is 0 Å². The van der Waals surface area contributed by atoms with Crippen molar-refractivity contribution in [1.29, 1.82) is 0 Å². The molecule has 20 heavy (non-hydrogen) atoms. The minimum atomic E-state index is 0.600. The van der Waals surface area contributed by atoms with Gasteiger partial charge in [-0.2, -0.15) is 5.10 Å². The molecule has 0 saturated heterocycles. The van der Waals surface area contributed by atoms with Crippen LogP contribution in [0.1, 0.15) is 5.56 Å². The van der Waals surface area contributed by atoms with Crippen LogP contribution < -0.4 is 0 Å². The summed E-state index contributed by atoms with van der Waals surface area (Å²) in [5.74, 6) is 0.694. The van der Waals surface area contributed by atoms with Crippen molar-refractivity contribution in [3.8, 4) is 22.8 Å². The van der Waals surface area contributed by atoms with Crippen LogP contribution in [0.4, 0.5) is 0 Å². The molecular weight excluding hydrogens is 268 g/mol. The maximum atomic E-state index is 5.37. The van der Waals surface area contributed by atoms with E-state index in [2.05, 4.69) is 27.2 Å².